The first-order valence-corrected chi connectivity index (χ1v) is 10.1. The molecule has 0 bridgehead atoms. The number of H-pyrrole nitrogens is 1. The standard InChI is InChI=1S/C23H22N4O5/c1-32-16-9-5-8-15(12-16)24-21(29)17-13-18(28)25-20-19(17)22(30)26-23(31)27(20)11-10-14-6-3-2-4-7-14/h2-9,12,17H,10-11,13H2,1H3,(H,24,29)(H,25,28)(H,26,30,31)/t17-/m1/s1. The maximum absolute atomic E-state index is 13.0. The molecule has 0 saturated carbocycles. The van der Waals surface area contributed by atoms with Crippen molar-refractivity contribution in [3.05, 3.63) is 86.6 Å². The highest BCUT2D eigenvalue weighted by Crippen LogP contribution is 2.30. The van der Waals surface area contributed by atoms with Crippen molar-refractivity contribution in [2.45, 2.75) is 25.3 Å². The Morgan fingerprint density at radius 2 is 1.91 bits per heavy atom. The summed E-state index contributed by atoms with van der Waals surface area (Å²) in [7, 11) is 1.51. The van der Waals surface area contributed by atoms with Crippen LogP contribution in [0.4, 0.5) is 11.5 Å². The molecule has 9 heteroatoms. The minimum atomic E-state index is -1.04. The van der Waals surface area contributed by atoms with Crippen molar-refractivity contribution in [2.75, 3.05) is 17.7 Å². The fourth-order valence-electron chi connectivity index (χ4n) is 3.77. The van der Waals surface area contributed by atoms with Gasteiger partial charge in [0.1, 0.15) is 11.6 Å². The molecule has 0 aliphatic carbocycles. The average Bonchev–Trinajstić information content (AvgIpc) is 2.79. The largest absolute Gasteiger partial charge is 0.497 e. The van der Waals surface area contributed by atoms with Crippen LogP contribution in [-0.4, -0.2) is 28.5 Å². The summed E-state index contributed by atoms with van der Waals surface area (Å²) in [5.41, 5.74) is 0.202. The number of fused-ring (bicyclic) bond motifs is 1. The van der Waals surface area contributed by atoms with Gasteiger partial charge in [0.2, 0.25) is 11.8 Å². The summed E-state index contributed by atoms with van der Waals surface area (Å²) >= 11 is 0. The molecule has 32 heavy (non-hydrogen) atoms. The Labute approximate surface area is 183 Å². The van der Waals surface area contributed by atoms with Gasteiger partial charge >= 0.3 is 5.69 Å². The van der Waals surface area contributed by atoms with Gasteiger partial charge in [-0.2, -0.15) is 0 Å². The summed E-state index contributed by atoms with van der Waals surface area (Å²) in [5.74, 6) is -1.39. The molecule has 1 atom stereocenters. The molecule has 164 valence electrons. The van der Waals surface area contributed by atoms with E-state index < -0.39 is 29.0 Å². The predicted molar refractivity (Wildman–Crippen MR) is 119 cm³/mol. The SMILES string of the molecule is COc1cccc(NC(=O)[C@@H]2CC(=O)Nc3c2c(=O)[nH]c(=O)n3CCc2ccccc2)c1. The zero-order valence-electron chi connectivity index (χ0n) is 17.4. The number of hydrogen-bond acceptors (Lipinski definition) is 5. The number of aromatic amines is 1. The summed E-state index contributed by atoms with van der Waals surface area (Å²) in [5, 5.41) is 5.35. The van der Waals surface area contributed by atoms with E-state index in [4.69, 9.17) is 4.74 Å². The van der Waals surface area contributed by atoms with E-state index in [1.54, 1.807) is 24.3 Å². The minimum Gasteiger partial charge on any atom is -0.497 e. The number of benzene rings is 2. The number of carbonyl (C=O) groups is 2. The van der Waals surface area contributed by atoms with Gasteiger partial charge in [0.15, 0.2) is 0 Å². The Morgan fingerprint density at radius 1 is 1.12 bits per heavy atom. The monoisotopic (exact) mass is 434 g/mol. The van der Waals surface area contributed by atoms with Gasteiger partial charge in [0, 0.05) is 24.7 Å². The van der Waals surface area contributed by atoms with Crippen LogP contribution in [-0.2, 0) is 22.6 Å². The number of ether oxygens (including phenoxy) is 1. The van der Waals surface area contributed by atoms with Crippen LogP contribution in [0.1, 0.15) is 23.5 Å². The molecule has 1 aliphatic heterocycles. The number of anilines is 2. The second-order valence-corrected chi connectivity index (χ2v) is 7.43. The third-order valence-corrected chi connectivity index (χ3v) is 5.35. The van der Waals surface area contributed by atoms with Crippen LogP contribution in [0.2, 0.25) is 0 Å². The molecule has 2 heterocycles. The summed E-state index contributed by atoms with van der Waals surface area (Å²) in [4.78, 5) is 52.9. The van der Waals surface area contributed by atoms with Crippen molar-refractivity contribution in [3.8, 4) is 5.75 Å². The van der Waals surface area contributed by atoms with E-state index in [9.17, 15) is 19.2 Å². The van der Waals surface area contributed by atoms with Gasteiger partial charge in [-0.25, -0.2) is 4.79 Å². The quantitative estimate of drug-likeness (QED) is 0.547. The highest BCUT2D eigenvalue weighted by Gasteiger charge is 2.35. The predicted octanol–water partition coefficient (Wildman–Crippen LogP) is 1.85. The van der Waals surface area contributed by atoms with Crippen molar-refractivity contribution in [2.24, 2.45) is 0 Å². The second-order valence-electron chi connectivity index (χ2n) is 7.43. The lowest BCUT2D eigenvalue weighted by molar-refractivity contribution is -0.123. The molecule has 0 saturated heterocycles. The zero-order chi connectivity index (χ0) is 22.7. The molecule has 3 aromatic rings. The van der Waals surface area contributed by atoms with Crippen LogP contribution in [0.15, 0.2) is 64.2 Å². The molecule has 4 rings (SSSR count). The third kappa shape index (κ3) is 4.31. The van der Waals surface area contributed by atoms with Crippen LogP contribution in [0, 0.1) is 0 Å². The molecule has 0 spiro atoms. The van der Waals surface area contributed by atoms with Crippen LogP contribution >= 0.6 is 0 Å². The van der Waals surface area contributed by atoms with Crippen molar-refractivity contribution in [1.82, 2.24) is 9.55 Å². The summed E-state index contributed by atoms with van der Waals surface area (Å²) in [6.45, 7) is 0.229. The number of aromatic nitrogens is 2. The Hall–Kier alpha value is -4.14. The molecule has 0 unspecified atom stereocenters. The smallest absolute Gasteiger partial charge is 0.329 e. The second kappa shape index (κ2) is 8.93. The van der Waals surface area contributed by atoms with E-state index >= 15 is 0 Å². The zero-order valence-corrected chi connectivity index (χ0v) is 17.4. The Balaban J connectivity index is 1.68. The lowest BCUT2D eigenvalue weighted by Crippen LogP contribution is -2.42. The van der Waals surface area contributed by atoms with Gasteiger partial charge < -0.3 is 15.4 Å². The third-order valence-electron chi connectivity index (χ3n) is 5.35. The molecular weight excluding hydrogens is 412 g/mol. The maximum atomic E-state index is 13.0. The first kappa shape index (κ1) is 21.1. The van der Waals surface area contributed by atoms with Gasteiger partial charge in [-0.1, -0.05) is 36.4 Å². The Bertz CT molecular complexity index is 1280. The van der Waals surface area contributed by atoms with Crippen molar-refractivity contribution < 1.29 is 14.3 Å². The first-order chi connectivity index (χ1) is 15.5. The molecule has 1 aromatic heterocycles. The molecule has 1 aliphatic rings. The molecule has 0 radical (unpaired) electrons. The number of aryl methyl sites for hydroxylation is 1. The molecule has 3 N–H and O–H groups in total. The number of carbonyl (C=O) groups excluding carboxylic acids is 2. The van der Waals surface area contributed by atoms with Gasteiger partial charge in [-0.3, -0.25) is 23.9 Å². The van der Waals surface area contributed by atoms with Gasteiger partial charge in [-0.05, 0) is 24.1 Å². The Kier molecular flexibility index (Phi) is 5.89. The molecule has 0 fully saturated rings. The van der Waals surface area contributed by atoms with Crippen LogP contribution < -0.4 is 26.6 Å². The number of nitrogens with one attached hydrogen (secondary N) is 3. The average molecular weight is 434 g/mol. The van der Waals surface area contributed by atoms with E-state index in [2.05, 4.69) is 15.6 Å². The lowest BCUT2D eigenvalue weighted by Gasteiger charge is -2.26. The van der Waals surface area contributed by atoms with Crippen LogP contribution in [0.25, 0.3) is 0 Å². The Morgan fingerprint density at radius 3 is 2.66 bits per heavy atom. The minimum absolute atomic E-state index is 0.0664. The van der Waals surface area contributed by atoms with Gasteiger partial charge in [0.25, 0.3) is 5.56 Å². The lowest BCUT2D eigenvalue weighted by atomic mass is 9.92. The molecule has 2 aromatic carbocycles. The fraction of sp³-hybridized carbons (Fsp3) is 0.217. The normalized spacial score (nSPS) is 14.9. The van der Waals surface area contributed by atoms with Gasteiger partial charge in [0.05, 0.1) is 18.6 Å². The van der Waals surface area contributed by atoms with Crippen molar-refractivity contribution in [3.63, 3.8) is 0 Å². The van der Waals surface area contributed by atoms with E-state index in [-0.39, 0.29) is 24.3 Å². The number of amides is 2. The number of nitrogens with zero attached hydrogens (tertiary/aromatic N) is 1. The fourth-order valence-corrected chi connectivity index (χ4v) is 3.77. The highest BCUT2D eigenvalue weighted by molar-refractivity contribution is 6.04. The topological polar surface area (TPSA) is 122 Å². The summed E-state index contributed by atoms with van der Waals surface area (Å²) < 4.78 is 6.46. The molecule has 9 nitrogen and oxygen atoms in total. The van der Waals surface area contributed by atoms with E-state index in [0.717, 1.165) is 5.56 Å². The van der Waals surface area contributed by atoms with E-state index in [1.807, 2.05) is 30.3 Å². The summed E-state index contributed by atoms with van der Waals surface area (Å²) in [6, 6.07) is 16.3. The summed E-state index contributed by atoms with van der Waals surface area (Å²) in [6.07, 6.45) is 0.304. The number of hydrogen-bond donors (Lipinski definition) is 3. The molecule has 2 amide bonds. The van der Waals surface area contributed by atoms with Crippen molar-refractivity contribution >= 4 is 23.3 Å². The molecular formula is C23H22N4O5. The van der Waals surface area contributed by atoms with Crippen LogP contribution in [0.5, 0.6) is 5.75 Å². The van der Waals surface area contributed by atoms with E-state index in [1.165, 1.54) is 11.7 Å². The highest BCUT2D eigenvalue weighted by atomic mass is 16.5. The van der Waals surface area contributed by atoms with Crippen LogP contribution in [0.3, 0.4) is 0 Å². The van der Waals surface area contributed by atoms with E-state index in [0.29, 0.717) is 17.9 Å². The number of methoxy groups -OCH3 is 1. The first-order valence-electron chi connectivity index (χ1n) is 10.1. The maximum Gasteiger partial charge on any atom is 0.329 e. The van der Waals surface area contributed by atoms with Crippen molar-refractivity contribution in [1.29, 1.82) is 0 Å². The number of rotatable bonds is 6. The van der Waals surface area contributed by atoms with Gasteiger partial charge in [-0.15, -0.1) is 0 Å².